The van der Waals surface area contributed by atoms with Crippen molar-refractivity contribution < 1.29 is 14.7 Å². The molecule has 2 fully saturated rings. The molecule has 0 atom stereocenters. The number of aromatic hydroxyl groups is 1. The third kappa shape index (κ3) is 6.50. The number of benzene rings is 3. The highest BCUT2D eigenvalue weighted by molar-refractivity contribution is 5.84. The topological polar surface area (TPSA) is 130 Å². The van der Waals surface area contributed by atoms with Crippen LogP contribution in [0.1, 0.15) is 29.3 Å². The van der Waals surface area contributed by atoms with Crippen LogP contribution in [0.3, 0.4) is 0 Å². The number of aromatic nitrogens is 4. The van der Waals surface area contributed by atoms with Crippen molar-refractivity contribution in [2.75, 3.05) is 31.9 Å². The Morgan fingerprint density at radius 1 is 0.898 bits per heavy atom. The maximum Gasteiger partial charge on any atom is 0.219 e. The van der Waals surface area contributed by atoms with Crippen molar-refractivity contribution in [3.8, 4) is 34.1 Å². The Hall–Kier alpha value is -5.87. The fourth-order valence-electron chi connectivity index (χ4n) is 6.83. The number of nitrogens with zero attached hydrogens (tertiary/aromatic N) is 6. The van der Waals surface area contributed by atoms with Crippen molar-refractivity contribution in [3.63, 3.8) is 0 Å². The van der Waals surface area contributed by atoms with Gasteiger partial charge in [-0.05, 0) is 60.5 Å². The van der Waals surface area contributed by atoms with E-state index < -0.39 is 0 Å². The van der Waals surface area contributed by atoms with Crippen LogP contribution in [0.5, 0.6) is 5.75 Å². The lowest BCUT2D eigenvalue weighted by Gasteiger charge is -2.48. The van der Waals surface area contributed by atoms with Gasteiger partial charge in [0.2, 0.25) is 5.91 Å². The molecule has 1 amide bonds. The molecule has 0 aliphatic carbocycles. The Morgan fingerprint density at radius 3 is 2.33 bits per heavy atom. The summed E-state index contributed by atoms with van der Waals surface area (Å²) in [6, 6.07) is 33.0. The zero-order valence-corrected chi connectivity index (χ0v) is 27.2. The van der Waals surface area contributed by atoms with Crippen LogP contribution < -0.4 is 5.73 Å². The summed E-state index contributed by atoms with van der Waals surface area (Å²) < 4.78 is 2.08. The van der Waals surface area contributed by atoms with Crippen LogP contribution in [0, 0.1) is 5.41 Å². The molecule has 0 radical (unpaired) electrons. The Balaban J connectivity index is 0.000000367. The zero-order valence-electron chi connectivity index (χ0n) is 27.2. The number of nitrogens with two attached hydrogens (primary N) is 1. The molecule has 10 nitrogen and oxygen atoms in total. The van der Waals surface area contributed by atoms with Crippen LogP contribution in [0.15, 0.2) is 109 Å². The van der Waals surface area contributed by atoms with Crippen molar-refractivity contribution in [3.05, 3.63) is 120 Å². The van der Waals surface area contributed by atoms with Gasteiger partial charge in [-0.15, -0.1) is 0 Å². The summed E-state index contributed by atoms with van der Waals surface area (Å²) in [7, 11) is 0. The number of anilines is 1. The second-order valence-electron chi connectivity index (χ2n) is 12.8. The van der Waals surface area contributed by atoms with Crippen molar-refractivity contribution in [1.82, 2.24) is 29.3 Å². The van der Waals surface area contributed by atoms with Crippen molar-refractivity contribution >= 4 is 29.2 Å². The number of pyridine rings is 2. The number of carbonyl (C=O) groups is 2. The number of hydrogen-bond donors (Lipinski definition) is 2. The van der Waals surface area contributed by atoms with E-state index in [4.69, 9.17) is 20.8 Å². The Labute approximate surface area is 284 Å². The summed E-state index contributed by atoms with van der Waals surface area (Å²) in [5.41, 5.74) is 13.4. The molecule has 2 aliphatic rings. The van der Waals surface area contributed by atoms with E-state index in [-0.39, 0.29) is 17.1 Å². The number of phenols is 1. The van der Waals surface area contributed by atoms with Gasteiger partial charge < -0.3 is 15.7 Å². The standard InChI is InChI=1S/C32H31N7O.C7H6O2/c1-22(40)38-17-15-32(21-38)19-37(20-32)18-23-9-11-25(12-10-23)39-30(26-8-5-16-34-29(26)33)36-28-14-13-27(35-31(28)39)24-6-3-2-4-7-24;8-5-6-3-1-2-4-7(6)9/h2-14,16H,15,17-21H2,1H3,(H2,33,34);1-5,9H. The minimum atomic E-state index is 0.0347. The molecule has 3 N–H and O–H groups in total. The molecule has 2 saturated heterocycles. The van der Waals surface area contributed by atoms with Crippen molar-refractivity contribution in [2.24, 2.45) is 5.41 Å². The second-order valence-corrected chi connectivity index (χ2v) is 12.8. The normalized spacial score (nSPS) is 15.1. The number of rotatable bonds is 6. The SMILES string of the molecule is CC(=O)N1CCC2(CN(Cc3ccc(-n4c(-c5cccnc5N)nc5ccc(-c6ccccc6)nc54)cc3)C2)C1.O=Cc1ccccc1O. The van der Waals surface area contributed by atoms with E-state index in [0.29, 0.717) is 23.5 Å². The van der Waals surface area contributed by atoms with Gasteiger partial charge in [0.25, 0.3) is 0 Å². The molecule has 10 heteroatoms. The van der Waals surface area contributed by atoms with Gasteiger partial charge in [-0.2, -0.15) is 0 Å². The minimum absolute atomic E-state index is 0.0347. The minimum Gasteiger partial charge on any atom is -0.507 e. The molecule has 3 aromatic carbocycles. The third-order valence-electron chi connectivity index (χ3n) is 9.32. The summed E-state index contributed by atoms with van der Waals surface area (Å²) in [6.07, 6.45) is 3.42. The van der Waals surface area contributed by atoms with Crippen LogP contribution in [0.25, 0.3) is 39.5 Å². The summed E-state index contributed by atoms with van der Waals surface area (Å²) >= 11 is 0. The lowest BCUT2D eigenvalue weighted by Crippen LogP contribution is -2.57. The van der Waals surface area contributed by atoms with Gasteiger partial charge in [0, 0.05) is 62.5 Å². The largest absolute Gasteiger partial charge is 0.507 e. The number of phenolic OH excluding ortho intramolecular Hbond substituents is 1. The monoisotopic (exact) mass is 651 g/mol. The smallest absolute Gasteiger partial charge is 0.219 e. The maximum absolute atomic E-state index is 11.8. The molecule has 8 rings (SSSR count). The van der Waals surface area contributed by atoms with Gasteiger partial charge >= 0.3 is 0 Å². The van der Waals surface area contributed by atoms with E-state index in [1.165, 1.54) is 11.6 Å². The molecular weight excluding hydrogens is 614 g/mol. The quantitative estimate of drug-likeness (QED) is 0.210. The first-order valence-electron chi connectivity index (χ1n) is 16.3. The number of carbonyl (C=O) groups excluding carboxylic acids is 2. The maximum atomic E-state index is 11.8. The fourth-order valence-corrected chi connectivity index (χ4v) is 6.83. The highest BCUT2D eigenvalue weighted by Crippen LogP contribution is 2.40. The lowest BCUT2D eigenvalue weighted by molar-refractivity contribution is -0.128. The van der Waals surface area contributed by atoms with E-state index >= 15 is 0 Å². The van der Waals surface area contributed by atoms with Crippen LogP contribution in [0.2, 0.25) is 0 Å². The summed E-state index contributed by atoms with van der Waals surface area (Å²) in [6.45, 7) is 6.44. The first kappa shape index (κ1) is 31.7. The number of likely N-dealkylation sites (tertiary alicyclic amines) is 2. The van der Waals surface area contributed by atoms with Gasteiger partial charge in [-0.3, -0.25) is 19.1 Å². The highest BCUT2D eigenvalue weighted by atomic mass is 16.3. The molecular formula is C39H37N7O3. The first-order chi connectivity index (χ1) is 23.8. The molecule has 246 valence electrons. The van der Waals surface area contributed by atoms with E-state index in [0.717, 1.165) is 72.8 Å². The number of nitrogen functional groups attached to an aromatic ring is 1. The predicted molar refractivity (Wildman–Crippen MR) is 190 cm³/mol. The molecule has 2 aliphatic heterocycles. The van der Waals surface area contributed by atoms with Gasteiger partial charge in [-0.1, -0.05) is 54.6 Å². The summed E-state index contributed by atoms with van der Waals surface area (Å²) in [5, 5.41) is 8.88. The number of hydrogen-bond acceptors (Lipinski definition) is 8. The van der Waals surface area contributed by atoms with Crippen LogP contribution >= 0.6 is 0 Å². The Kier molecular flexibility index (Phi) is 8.63. The molecule has 6 aromatic rings. The van der Waals surface area contributed by atoms with Crippen LogP contribution in [0.4, 0.5) is 5.82 Å². The van der Waals surface area contributed by atoms with Crippen molar-refractivity contribution in [2.45, 2.75) is 19.9 Å². The highest BCUT2D eigenvalue weighted by Gasteiger charge is 2.47. The third-order valence-corrected chi connectivity index (χ3v) is 9.32. The average Bonchev–Trinajstić information content (AvgIpc) is 3.73. The molecule has 49 heavy (non-hydrogen) atoms. The number of imidazole rings is 1. The van der Waals surface area contributed by atoms with Crippen LogP contribution in [-0.2, 0) is 11.3 Å². The number of aldehydes is 1. The van der Waals surface area contributed by atoms with E-state index in [9.17, 15) is 9.59 Å². The number of amides is 1. The molecule has 3 aromatic heterocycles. The van der Waals surface area contributed by atoms with Crippen LogP contribution in [-0.4, -0.2) is 72.8 Å². The number of fused-ring (bicyclic) bond motifs is 1. The van der Waals surface area contributed by atoms with E-state index in [1.807, 2.05) is 47.4 Å². The van der Waals surface area contributed by atoms with E-state index in [1.54, 1.807) is 31.3 Å². The molecule has 5 heterocycles. The van der Waals surface area contributed by atoms with E-state index in [2.05, 4.69) is 50.8 Å². The van der Waals surface area contributed by atoms with Gasteiger partial charge in [-0.25, -0.2) is 15.0 Å². The number of para-hydroxylation sites is 1. The summed E-state index contributed by atoms with van der Waals surface area (Å²) in [5.74, 6) is 1.37. The van der Waals surface area contributed by atoms with Gasteiger partial charge in [0.1, 0.15) is 17.1 Å². The van der Waals surface area contributed by atoms with Gasteiger partial charge in [0.15, 0.2) is 17.8 Å². The molecule has 1 spiro atoms. The Morgan fingerprint density at radius 2 is 1.65 bits per heavy atom. The Bertz CT molecular complexity index is 2120. The predicted octanol–water partition coefficient (Wildman–Crippen LogP) is 5.99. The second kappa shape index (κ2) is 13.3. The zero-order chi connectivity index (χ0) is 34.0. The molecule has 0 unspecified atom stereocenters. The van der Waals surface area contributed by atoms with Crippen molar-refractivity contribution in [1.29, 1.82) is 0 Å². The fraction of sp³-hybridized carbons (Fsp3) is 0.205. The molecule has 0 bridgehead atoms. The lowest BCUT2D eigenvalue weighted by atomic mass is 9.79. The average molecular weight is 652 g/mol. The summed E-state index contributed by atoms with van der Waals surface area (Å²) in [4.78, 5) is 40.6. The first-order valence-corrected chi connectivity index (χ1v) is 16.3. The molecule has 0 saturated carbocycles. The van der Waals surface area contributed by atoms with Gasteiger partial charge in [0.05, 0.1) is 16.8 Å².